The highest BCUT2D eigenvalue weighted by atomic mass is 127. The number of alkyl halides is 4. The van der Waals surface area contributed by atoms with Gasteiger partial charge in [0.15, 0.2) is 11.6 Å². The minimum absolute atomic E-state index is 0.523. The van der Waals surface area contributed by atoms with E-state index in [1.807, 2.05) is 24.3 Å². The second-order valence-corrected chi connectivity index (χ2v) is 8.03. The zero-order valence-corrected chi connectivity index (χ0v) is 15.5. The molecule has 0 aromatic heterocycles. The highest BCUT2D eigenvalue weighted by Gasteiger charge is 2.32. The molecule has 0 N–H and O–H groups in total. The summed E-state index contributed by atoms with van der Waals surface area (Å²) in [5, 5.41) is 0. The standard InChI is InChI=1S/C19H17F4IO/c20-17-11-15(7-10-18(17)25-19(21,22)23)14-3-1-12(2-4-14)13-5-8-16(24)9-6-13/h1-4,7,10-11,13,16H,5-6,8-9H2. The lowest BCUT2D eigenvalue weighted by atomic mass is 9.83. The van der Waals surface area contributed by atoms with E-state index in [4.69, 9.17) is 0 Å². The number of hydrogen-bond donors (Lipinski definition) is 0. The molecule has 1 aliphatic carbocycles. The van der Waals surface area contributed by atoms with Gasteiger partial charge in [0.05, 0.1) is 0 Å². The van der Waals surface area contributed by atoms with Crippen LogP contribution in [0.5, 0.6) is 5.75 Å². The molecule has 0 saturated heterocycles. The predicted molar refractivity (Wildman–Crippen MR) is 97.5 cm³/mol. The molecule has 1 aliphatic rings. The monoisotopic (exact) mass is 464 g/mol. The highest BCUT2D eigenvalue weighted by molar-refractivity contribution is 14.1. The van der Waals surface area contributed by atoms with Gasteiger partial charge < -0.3 is 4.74 Å². The van der Waals surface area contributed by atoms with Gasteiger partial charge in [-0.25, -0.2) is 4.39 Å². The Hall–Kier alpha value is -1.31. The summed E-state index contributed by atoms with van der Waals surface area (Å²) in [5.41, 5.74) is 2.56. The molecule has 2 aromatic rings. The van der Waals surface area contributed by atoms with Crippen LogP contribution < -0.4 is 4.74 Å². The Morgan fingerprint density at radius 1 is 0.880 bits per heavy atom. The van der Waals surface area contributed by atoms with Gasteiger partial charge in [0.2, 0.25) is 0 Å². The van der Waals surface area contributed by atoms with Crippen LogP contribution in [0.2, 0.25) is 0 Å². The molecule has 0 radical (unpaired) electrons. The zero-order valence-electron chi connectivity index (χ0n) is 13.3. The molecule has 25 heavy (non-hydrogen) atoms. The average Bonchev–Trinajstić information content (AvgIpc) is 2.56. The topological polar surface area (TPSA) is 9.23 Å². The van der Waals surface area contributed by atoms with Gasteiger partial charge in [-0.15, -0.1) is 13.2 Å². The summed E-state index contributed by atoms with van der Waals surface area (Å²) in [5.74, 6) is -1.29. The Labute approximate surface area is 157 Å². The van der Waals surface area contributed by atoms with Gasteiger partial charge in [-0.1, -0.05) is 52.9 Å². The van der Waals surface area contributed by atoms with Crippen molar-refractivity contribution in [3.63, 3.8) is 0 Å². The summed E-state index contributed by atoms with van der Waals surface area (Å²) in [4.78, 5) is 0. The first-order chi connectivity index (χ1) is 11.8. The van der Waals surface area contributed by atoms with Gasteiger partial charge in [-0.05, 0) is 60.4 Å². The molecule has 134 valence electrons. The minimum Gasteiger partial charge on any atom is -0.403 e. The van der Waals surface area contributed by atoms with Crippen LogP contribution in [-0.4, -0.2) is 10.3 Å². The Morgan fingerprint density at radius 3 is 2.04 bits per heavy atom. The third-order valence-electron chi connectivity index (χ3n) is 4.53. The molecule has 0 atom stereocenters. The Kier molecular flexibility index (Phi) is 5.55. The lowest BCUT2D eigenvalue weighted by molar-refractivity contribution is -0.275. The smallest absolute Gasteiger partial charge is 0.403 e. The number of benzene rings is 2. The van der Waals surface area contributed by atoms with Gasteiger partial charge >= 0.3 is 6.36 Å². The van der Waals surface area contributed by atoms with Crippen LogP contribution in [0.3, 0.4) is 0 Å². The lowest BCUT2D eigenvalue weighted by Gasteiger charge is -2.25. The molecule has 0 unspecified atom stereocenters. The fourth-order valence-electron chi connectivity index (χ4n) is 3.22. The van der Waals surface area contributed by atoms with Crippen molar-refractivity contribution in [3.8, 4) is 16.9 Å². The van der Waals surface area contributed by atoms with E-state index in [2.05, 4.69) is 27.3 Å². The van der Waals surface area contributed by atoms with Crippen molar-refractivity contribution in [2.24, 2.45) is 0 Å². The molecule has 2 aromatic carbocycles. The van der Waals surface area contributed by atoms with Crippen molar-refractivity contribution >= 4 is 22.6 Å². The molecule has 0 aliphatic heterocycles. The van der Waals surface area contributed by atoms with Gasteiger partial charge in [-0.3, -0.25) is 0 Å². The van der Waals surface area contributed by atoms with Crippen LogP contribution in [-0.2, 0) is 0 Å². The molecule has 3 rings (SSSR count). The van der Waals surface area contributed by atoms with E-state index in [1.165, 1.54) is 37.3 Å². The van der Waals surface area contributed by atoms with Gasteiger partial charge in [0.25, 0.3) is 0 Å². The van der Waals surface area contributed by atoms with Gasteiger partial charge in [0.1, 0.15) is 0 Å². The number of rotatable bonds is 3. The van der Waals surface area contributed by atoms with Crippen LogP contribution >= 0.6 is 22.6 Å². The Balaban J connectivity index is 1.75. The second kappa shape index (κ2) is 7.51. The molecule has 1 saturated carbocycles. The van der Waals surface area contributed by atoms with E-state index in [-0.39, 0.29) is 0 Å². The van der Waals surface area contributed by atoms with Crippen molar-refractivity contribution in [1.82, 2.24) is 0 Å². The van der Waals surface area contributed by atoms with Crippen molar-refractivity contribution in [2.45, 2.75) is 41.9 Å². The summed E-state index contributed by atoms with van der Waals surface area (Å²) in [6.45, 7) is 0. The number of hydrogen-bond acceptors (Lipinski definition) is 1. The predicted octanol–water partition coefficient (Wildman–Crippen LogP) is 6.85. The van der Waals surface area contributed by atoms with Crippen molar-refractivity contribution < 1.29 is 22.3 Å². The van der Waals surface area contributed by atoms with Crippen LogP contribution in [0.1, 0.15) is 37.2 Å². The quantitative estimate of drug-likeness (QED) is 0.274. The summed E-state index contributed by atoms with van der Waals surface area (Å²) >= 11 is 2.50. The zero-order chi connectivity index (χ0) is 18.0. The number of halogens is 5. The van der Waals surface area contributed by atoms with E-state index in [9.17, 15) is 17.6 Å². The minimum atomic E-state index is -4.90. The first-order valence-corrected chi connectivity index (χ1v) is 9.36. The van der Waals surface area contributed by atoms with E-state index < -0.39 is 17.9 Å². The summed E-state index contributed by atoms with van der Waals surface area (Å²) in [7, 11) is 0. The fraction of sp³-hybridized carbons (Fsp3) is 0.368. The van der Waals surface area contributed by atoms with Crippen LogP contribution in [0.15, 0.2) is 42.5 Å². The van der Waals surface area contributed by atoms with Crippen molar-refractivity contribution in [3.05, 3.63) is 53.8 Å². The molecule has 0 amide bonds. The van der Waals surface area contributed by atoms with E-state index in [1.54, 1.807) is 0 Å². The van der Waals surface area contributed by atoms with E-state index in [0.29, 0.717) is 11.5 Å². The maximum atomic E-state index is 13.8. The van der Waals surface area contributed by atoms with Gasteiger partial charge in [0, 0.05) is 3.92 Å². The van der Waals surface area contributed by atoms with E-state index >= 15 is 0 Å². The Morgan fingerprint density at radius 2 is 1.48 bits per heavy atom. The first-order valence-electron chi connectivity index (χ1n) is 8.11. The van der Waals surface area contributed by atoms with Crippen LogP contribution in [0.4, 0.5) is 17.6 Å². The van der Waals surface area contributed by atoms with E-state index in [0.717, 1.165) is 21.6 Å². The summed E-state index contributed by atoms with van der Waals surface area (Å²) < 4.78 is 54.9. The van der Waals surface area contributed by atoms with Crippen molar-refractivity contribution in [2.75, 3.05) is 0 Å². The second-order valence-electron chi connectivity index (χ2n) is 6.26. The fourth-order valence-corrected chi connectivity index (χ4v) is 3.94. The molecule has 0 heterocycles. The SMILES string of the molecule is Fc1cc(-c2ccc(C3CCC(I)CC3)cc2)ccc1OC(F)(F)F. The molecule has 0 spiro atoms. The normalized spacial score (nSPS) is 21.2. The maximum Gasteiger partial charge on any atom is 0.573 e. The molecular formula is C19H17F4IO. The highest BCUT2D eigenvalue weighted by Crippen LogP contribution is 2.36. The molecular weight excluding hydrogens is 447 g/mol. The van der Waals surface area contributed by atoms with Crippen LogP contribution in [0.25, 0.3) is 11.1 Å². The van der Waals surface area contributed by atoms with Crippen LogP contribution in [0, 0.1) is 5.82 Å². The molecule has 1 fully saturated rings. The van der Waals surface area contributed by atoms with Gasteiger partial charge in [-0.2, -0.15) is 0 Å². The average molecular weight is 464 g/mol. The molecule has 1 nitrogen and oxygen atoms in total. The summed E-state index contributed by atoms with van der Waals surface area (Å²) in [6.07, 6.45) is -0.116. The number of ether oxygens (including phenoxy) is 1. The van der Waals surface area contributed by atoms with Crippen molar-refractivity contribution in [1.29, 1.82) is 0 Å². The lowest BCUT2D eigenvalue weighted by Crippen LogP contribution is -2.17. The largest absolute Gasteiger partial charge is 0.573 e. The summed E-state index contributed by atoms with van der Waals surface area (Å²) in [6, 6.07) is 11.4. The molecule has 6 heteroatoms. The first kappa shape index (κ1) is 18.5. The third kappa shape index (κ3) is 4.86. The maximum absolute atomic E-state index is 13.8. The molecule has 0 bridgehead atoms. The Bertz CT molecular complexity index is 719. The third-order valence-corrected chi connectivity index (χ3v) is 5.78.